The van der Waals surface area contributed by atoms with Crippen molar-refractivity contribution < 1.29 is 14.3 Å². The van der Waals surface area contributed by atoms with E-state index in [-0.39, 0.29) is 0 Å². The molecule has 0 aliphatic heterocycles. The molecule has 0 radical (unpaired) electrons. The number of rotatable bonds is 12. The van der Waals surface area contributed by atoms with Gasteiger partial charge in [0.15, 0.2) is 0 Å². The monoisotopic (exact) mass is 280 g/mol. The summed E-state index contributed by atoms with van der Waals surface area (Å²) < 4.78 is 9.85. The van der Waals surface area contributed by atoms with Gasteiger partial charge in [0.05, 0.1) is 25.4 Å². The largest absolute Gasteiger partial charge is 0.508 e. The van der Waals surface area contributed by atoms with Crippen molar-refractivity contribution in [3.8, 4) is 12.1 Å². The maximum absolute atomic E-state index is 11.2. The number of unbranched alkanes of at least 4 members (excludes halogenated alkanes) is 8. The lowest BCUT2D eigenvalue weighted by Gasteiger charge is -2.06. The van der Waals surface area contributed by atoms with Gasteiger partial charge in [-0.1, -0.05) is 25.7 Å². The van der Waals surface area contributed by atoms with Gasteiger partial charge < -0.3 is 9.47 Å². The number of hydrogen-bond acceptors (Lipinski definition) is 5. The second-order valence-corrected chi connectivity index (χ2v) is 4.59. The van der Waals surface area contributed by atoms with Gasteiger partial charge in [0.2, 0.25) is 0 Å². The Morgan fingerprint density at radius 3 is 1.50 bits per heavy atom. The Morgan fingerprint density at radius 1 is 0.700 bits per heavy atom. The van der Waals surface area contributed by atoms with Crippen molar-refractivity contribution in [2.45, 2.75) is 64.2 Å². The van der Waals surface area contributed by atoms with Crippen LogP contribution in [0.2, 0.25) is 0 Å². The first-order valence-corrected chi connectivity index (χ1v) is 7.34. The van der Waals surface area contributed by atoms with Crippen LogP contribution in [-0.4, -0.2) is 19.4 Å². The quantitative estimate of drug-likeness (QED) is 0.397. The summed E-state index contributed by atoms with van der Waals surface area (Å²) in [6.07, 6.45) is 7.96. The van der Waals surface area contributed by atoms with Crippen molar-refractivity contribution in [2.75, 3.05) is 13.2 Å². The SMILES string of the molecule is N#CCCCCCCOC(=O)OCCCCCCC#N. The Balaban J connectivity index is 3.17. The molecule has 0 heterocycles. The summed E-state index contributed by atoms with van der Waals surface area (Å²) in [6, 6.07) is 4.20. The van der Waals surface area contributed by atoms with Gasteiger partial charge >= 0.3 is 6.16 Å². The third kappa shape index (κ3) is 14.3. The smallest absolute Gasteiger partial charge is 0.434 e. The number of nitrogens with zero attached hydrogens (tertiary/aromatic N) is 2. The Hall–Kier alpha value is -1.75. The number of carbonyl (C=O) groups is 1. The first-order chi connectivity index (χ1) is 9.81. The summed E-state index contributed by atoms with van der Waals surface area (Å²) in [7, 11) is 0. The Labute approximate surface area is 121 Å². The number of hydrogen-bond donors (Lipinski definition) is 0. The van der Waals surface area contributed by atoms with Crippen molar-refractivity contribution >= 4 is 6.16 Å². The molecule has 20 heavy (non-hydrogen) atoms. The Bertz CT molecular complexity index is 288. The van der Waals surface area contributed by atoms with E-state index in [1.165, 1.54) is 0 Å². The van der Waals surface area contributed by atoms with Gasteiger partial charge in [-0.2, -0.15) is 10.5 Å². The predicted octanol–water partition coefficient (Wildman–Crippen LogP) is 4.09. The molecule has 0 amide bonds. The maximum atomic E-state index is 11.2. The van der Waals surface area contributed by atoms with E-state index in [0.717, 1.165) is 51.4 Å². The number of ether oxygens (including phenoxy) is 2. The van der Waals surface area contributed by atoms with Crippen molar-refractivity contribution in [1.29, 1.82) is 10.5 Å². The van der Waals surface area contributed by atoms with E-state index in [4.69, 9.17) is 20.0 Å². The van der Waals surface area contributed by atoms with Crippen LogP contribution in [-0.2, 0) is 9.47 Å². The highest BCUT2D eigenvalue weighted by atomic mass is 16.7. The number of carbonyl (C=O) groups excluding carboxylic acids is 1. The standard InChI is InChI=1S/C15H24N2O3/c16-11-7-3-1-5-9-13-19-15(18)20-14-10-6-2-4-8-12-17/h1-10,13-14H2. The molecule has 0 saturated heterocycles. The highest BCUT2D eigenvalue weighted by Crippen LogP contribution is 2.04. The maximum Gasteiger partial charge on any atom is 0.508 e. The third-order valence-corrected chi connectivity index (χ3v) is 2.81. The van der Waals surface area contributed by atoms with Gasteiger partial charge in [-0.15, -0.1) is 0 Å². The summed E-state index contributed by atoms with van der Waals surface area (Å²) in [4.78, 5) is 11.2. The lowest BCUT2D eigenvalue weighted by Crippen LogP contribution is -2.09. The van der Waals surface area contributed by atoms with E-state index in [0.29, 0.717) is 26.1 Å². The molecule has 0 atom stereocenters. The van der Waals surface area contributed by atoms with Gasteiger partial charge in [0, 0.05) is 12.8 Å². The third-order valence-electron chi connectivity index (χ3n) is 2.81. The van der Waals surface area contributed by atoms with E-state index >= 15 is 0 Å². The first kappa shape index (κ1) is 18.2. The molecule has 0 N–H and O–H groups in total. The zero-order valence-electron chi connectivity index (χ0n) is 12.1. The zero-order valence-corrected chi connectivity index (χ0v) is 12.1. The van der Waals surface area contributed by atoms with Crippen LogP contribution in [0.5, 0.6) is 0 Å². The van der Waals surface area contributed by atoms with E-state index < -0.39 is 6.16 Å². The molecule has 5 heteroatoms. The average molecular weight is 280 g/mol. The molecule has 112 valence electrons. The minimum Gasteiger partial charge on any atom is -0.434 e. The topological polar surface area (TPSA) is 83.1 Å². The molecule has 0 aromatic heterocycles. The highest BCUT2D eigenvalue weighted by Gasteiger charge is 2.02. The predicted molar refractivity (Wildman–Crippen MR) is 74.7 cm³/mol. The minimum absolute atomic E-state index is 0.382. The van der Waals surface area contributed by atoms with Crippen LogP contribution < -0.4 is 0 Å². The second kappa shape index (κ2) is 15.3. The van der Waals surface area contributed by atoms with Crippen LogP contribution in [0.3, 0.4) is 0 Å². The fraction of sp³-hybridized carbons (Fsp3) is 0.800. The molecule has 0 aromatic carbocycles. The average Bonchev–Trinajstić information content (AvgIpc) is 2.45. The number of nitriles is 2. The molecular weight excluding hydrogens is 256 g/mol. The lowest BCUT2D eigenvalue weighted by molar-refractivity contribution is 0.0529. The van der Waals surface area contributed by atoms with E-state index in [9.17, 15) is 4.79 Å². The van der Waals surface area contributed by atoms with Crippen molar-refractivity contribution in [3.63, 3.8) is 0 Å². The van der Waals surface area contributed by atoms with Gasteiger partial charge in [-0.05, 0) is 25.7 Å². The summed E-state index contributed by atoms with van der Waals surface area (Å²) in [5.41, 5.74) is 0. The van der Waals surface area contributed by atoms with Crippen LogP contribution in [0.1, 0.15) is 64.2 Å². The molecule has 0 saturated carbocycles. The molecule has 0 bridgehead atoms. The lowest BCUT2D eigenvalue weighted by atomic mass is 10.2. The summed E-state index contributed by atoms with van der Waals surface area (Å²) in [6.45, 7) is 0.765. The van der Waals surface area contributed by atoms with Crippen molar-refractivity contribution in [1.82, 2.24) is 0 Å². The van der Waals surface area contributed by atoms with E-state index in [2.05, 4.69) is 12.1 Å². The zero-order chi connectivity index (χ0) is 14.9. The summed E-state index contributed by atoms with van der Waals surface area (Å²) >= 11 is 0. The molecule has 5 nitrogen and oxygen atoms in total. The molecule has 0 spiro atoms. The minimum atomic E-state index is -0.598. The Morgan fingerprint density at radius 2 is 1.10 bits per heavy atom. The molecule has 0 aliphatic carbocycles. The summed E-state index contributed by atoms with van der Waals surface area (Å²) in [5, 5.41) is 16.7. The van der Waals surface area contributed by atoms with Crippen LogP contribution in [0.15, 0.2) is 0 Å². The molecular formula is C15H24N2O3. The molecule has 0 aromatic rings. The normalized spacial score (nSPS) is 9.50. The van der Waals surface area contributed by atoms with Crippen molar-refractivity contribution in [2.24, 2.45) is 0 Å². The van der Waals surface area contributed by atoms with Crippen LogP contribution >= 0.6 is 0 Å². The molecule has 0 aliphatic rings. The van der Waals surface area contributed by atoms with Crippen LogP contribution in [0, 0.1) is 22.7 Å². The first-order valence-electron chi connectivity index (χ1n) is 7.34. The fourth-order valence-electron chi connectivity index (χ4n) is 1.67. The van der Waals surface area contributed by atoms with Gasteiger partial charge in [0.25, 0.3) is 0 Å². The van der Waals surface area contributed by atoms with Gasteiger partial charge in [-0.25, -0.2) is 4.79 Å². The molecule has 0 unspecified atom stereocenters. The van der Waals surface area contributed by atoms with Gasteiger partial charge in [-0.3, -0.25) is 0 Å². The second-order valence-electron chi connectivity index (χ2n) is 4.59. The summed E-state index contributed by atoms with van der Waals surface area (Å²) in [5.74, 6) is 0. The van der Waals surface area contributed by atoms with Crippen molar-refractivity contribution in [3.05, 3.63) is 0 Å². The van der Waals surface area contributed by atoms with Crippen LogP contribution in [0.25, 0.3) is 0 Å². The molecule has 0 fully saturated rings. The van der Waals surface area contributed by atoms with Crippen LogP contribution in [0.4, 0.5) is 4.79 Å². The van der Waals surface area contributed by atoms with Gasteiger partial charge in [0.1, 0.15) is 0 Å². The Kier molecular flexibility index (Phi) is 14.0. The van der Waals surface area contributed by atoms with E-state index in [1.807, 2.05) is 0 Å². The van der Waals surface area contributed by atoms with E-state index in [1.54, 1.807) is 0 Å². The molecule has 0 rings (SSSR count). The highest BCUT2D eigenvalue weighted by molar-refractivity contribution is 5.59. The fourth-order valence-corrected chi connectivity index (χ4v) is 1.67.